The van der Waals surface area contributed by atoms with Crippen LogP contribution in [0.3, 0.4) is 0 Å². The molecule has 0 radical (unpaired) electrons. The fourth-order valence-corrected chi connectivity index (χ4v) is 3.46. The normalized spacial score (nSPS) is 16.2. The molecule has 1 aliphatic rings. The van der Waals surface area contributed by atoms with Gasteiger partial charge in [0.05, 0.1) is 0 Å². The van der Waals surface area contributed by atoms with E-state index in [4.69, 9.17) is 0 Å². The highest BCUT2D eigenvalue weighted by molar-refractivity contribution is 14.0. The molecule has 1 atom stereocenters. The van der Waals surface area contributed by atoms with Gasteiger partial charge in [0, 0.05) is 39.1 Å². The van der Waals surface area contributed by atoms with E-state index in [-0.39, 0.29) is 24.0 Å². The van der Waals surface area contributed by atoms with Crippen LogP contribution in [0.5, 0.6) is 0 Å². The standard InChI is InChI=1S/C16H26N4OS.HI/c1-3-14(20-9-4-5-15(20)21)6-8-18-16(17-2)19-11-13-7-10-22-12-13;/h7,10,12,14H,3-6,8-9,11H2,1-2H3,(H2,17,18,19);1H. The van der Waals surface area contributed by atoms with Crippen molar-refractivity contribution in [1.82, 2.24) is 15.5 Å². The van der Waals surface area contributed by atoms with Gasteiger partial charge < -0.3 is 15.5 Å². The molecule has 2 N–H and O–H groups in total. The number of carbonyl (C=O) groups excluding carboxylic acids is 1. The van der Waals surface area contributed by atoms with Crippen LogP contribution in [0.15, 0.2) is 21.8 Å². The predicted molar refractivity (Wildman–Crippen MR) is 108 cm³/mol. The van der Waals surface area contributed by atoms with Gasteiger partial charge in [-0.05, 0) is 41.7 Å². The summed E-state index contributed by atoms with van der Waals surface area (Å²) < 4.78 is 0. The van der Waals surface area contributed by atoms with Gasteiger partial charge in [0.25, 0.3) is 0 Å². The number of likely N-dealkylation sites (tertiary alicyclic amines) is 1. The van der Waals surface area contributed by atoms with Gasteiger partial charge in [-0.3, -0.25) is 9.79 Å². The number of nitrogens with one attached hydrogen (secondary N) is 2. The molecule has 2 heterocycles. The molecule has 7 heteroatoms. The largest absolute Gasteiger partial charge is 0.356 e. The van der Waals surface area contributed by atoms with Gasteiger partial charge >= 0.3 is 0 Å². The van der Waals surface area contributed by atoms with Crippen LogP contribution < -0.4 is 10.6 Å². The maximum absolute atomic E-state index is 11.8. The Kier molecular flexibility index (Phi) is 9.54. The third-order valence-electron chi connectivity index (χ3n) is 4.06. The first-order valence-corrected chi connectivity index (χ1v) is 8.94. The van der Waals surface area contributed by atoms with Crippen molar-refractivity contribution in [3.8, 4) is 0 Å². The zero-order valence-corrected chi connectivity index (χ0v) is 17.0. The molecule has 0 aromatic carbocycles. The number of hydrogen-bond acceptors (Lipinski definition) is 3. The second kappa shape index (κ2) is 10.9. The summed E-state index contributed by atoms with van der Waals surface area (Å²) in [6, 6.07) is 2.45. The van der Waals surface area contributed by atoms with Crippen molar-refractivity contribution < 1.29 is 4.79 Å². The minimum Gasteiger partial charge on any atom is -0.356 e. The SMILES string of the molecule is CCC(CCNC(=NC)NCc1ccsc1)N1CCCC1=O.I. The quantitative estimate of drug-likeness (QED) is 0.382. The van der Waals surface area contributed by atoms with Crippen LogP contribution in [0.1, 0.15) is 38.2 Å². The van der Waals surface area contributed by atoms with Gasteiger partial charge in [-0.1, -0.05) is 6.92 Å². The highest BCUT2D eigenvalue weighted by Gasteiger charge is 2.26. The molecule has 1 aliphatic heterocycles. The lowest BCUT2D eigenvalue weighted by atomic mass is 10.1. The molecule has 1 fully saturated rings. The Balaban J connectivity index is 0.00000264. The van der Waals surface area contributed by atoms with Crippen molar-refractivity contribution >= 4 is 47.2 Å². The van der Waals surface area contributed by atoms with Crippen molar-refractivity contribution in [2.45, 2.75) is 45.2 Å². The van der Waals surface area contributed by atoms with Crippen LogP contribution in [0.4, 0.5) is 0 Å². The molecule has 1 saturated heterocycles. The van der Waals surface area contributed by atoms with E-state index >= 15 is 0 Å². The maximum atomic E-state index is 11.8. The zero-order valence-electron chi connectivity index (χ0n) is 13.9. The highest BCUT2D eigenvalue weighted by Crippen LogP contribution is 2.17. The van der Waals surface area contributed by atoms with Crippen LogP contribution in [0.25, 0.3) is 0 Å². The third kappa shape index (κ3) is 6.29. The molecule has 5 nitrogen and oxygen atoms in total. The average molecular weight is 450 g/mol. The molecule has 0 spiro atoms. The lowest BCUT2D eigenvalue weighted by Crippen LogP contribution is -2.41. The monoisotopic (exact) mass is 450 g/mol. The van der Waals surface area contributed by atoms with Crippen LogP contribution in [-0.2, 0) is 11.3 Å². The van der Waals surface area contributed by atoms with Gasteiger partial charge in [-0.2, -0.15) is 11.3 Å². The summed E-state index contributed by atoms with van der Waals surface area (Å²) in [5.41, 5.74) is 1.27. The summed E-state index contributed by atoms with van der Waals surface area (Å²) in [6.07, 6.45) is 3.69. The molecular weight excluding hydrogens is 423 g/mol. The van der Waals surface area contributed by atoms with Crippen molar-refractivity contribution in [3.05, 3.63) is 22.4 Å². The summed E-state index contributed by atoms with van der Waals surface area (Å²) in [7, 11) is 1.78. The Labute approximate surface area is 160 Å². The van der Waals surface area contributed by atoms with Crippen LogP contribution in [0, 0.1) is 0 Å². The van der Waals surface area contributed by atoms with Crippen LogP contribution in [0.2, 0.25) is 0 Å². The molecule has 0 bridgehead atoms. The van der Waals surface area contributed by atoms with Crippen LogP contribution in [-0.4, -0.2) is 42.9 Å². The van der Waals surface area contributed by atoms with E-state index in [0.717, 1.165) is 44.9 Å². The van der Waals surface area contributed by atoms with E-state index in [0.29, 0.717) is 18.4 Å². The number of amides is 1. The Hall–Kier alpha value is -0.830. The van der Waals surface area contributed by atoms with Gasteiger partial charge in [0.1, 0.15) is 0 Å². The molecule has 1 aromatic heterocycles. The smallest absolute Gasteiger partial charge is 0.222 e. The van der Waals surface area contributed by atoms with Gasteiger partial charge in [-0.25, -0.2) is 0 Å². The van der Waals surface area contributed by atoms with Crippen molar-refractivity contribution in [2.75, 3.05) is 20.1 Å². The molecule has 1 aromatic rings. The molecule has 130 valence electrons. The average Bonchev–Trinajstić information content (AvgIpc) is 3.18. The third-order valence-corrected chi connectivity index (χ3v) is 4.79. The highest BCUT2D eigenvalue weighted by atomic mass is 127. The van der Waals surface area contributed by atoms with Gasteiger partial charge in [-0.15, -0.1) is 24.0 Å². The summed E-state index contributed by atoms with van der Waals surface area (Å²) in [5, 5.41) is 10.9. The topological polar surface area (TPSA) is 56.7 Å². The van der Waals surface area contributed by atoms with Crippen molar-refractivity contribution in [3.63, 3.8) is 0 Å². The van der Waals surface area contributed by atoms with Crippen molar-refractivity contribution in [1.29, 1.82) is 0 Å². The van der Waals surface area contributed by atoms with E-state index < -0.39 is 0 Å². The number of aliphatic imine (C=N–C) groups is 1. The fourth-order valence-electron chi connectivity index (χ4n) is 2.79. The fraction of sp³-hybridized carbons (Fsp3) is 0.625. The number of thiophene rings is 1. The predicted octanol–water partition coefficient (Wildman–Crippen LogP) is 2.82. The number of carbonyl (C=O) groups is 1. The molecule has 1 amide bonds. The molecule has 1 unspecified atom stereocenters. The first-order valence-electron chi connectivity index (χ1n) is 7.99. The Morgan fingerprint density at radius 3 is 2.87 bits per heavy atom. The molecule has 23 heavy (non-hydrogen) atoms. The zero-order chi connectivity index (χ0) is 15.8. The van der Waals surface area contributed by atoms with Gasteiger partial charge in [0.2, 0.25) is 5.91 Å². The second-order valence-corrected chi connectivity index (χ2v) is 6.31. The van der Waals surface area contributed by atoms with Crippen molar-refractivity contribution in [2.24, 2.45) is 4.99 Å². The number of rotatable bonds is 7. The molecular formula is C16H27IN4OS. The summed E-state index contributed by atoms with van der Waals surface area (Å²) in [6.45, 7) is 4.68. The van der Waals surface area contributed by atoms with E-state index in [1.165, 1.54) is 5.56 Å². The molecule has 0 aliphatic carbocycles. The first-order chi connectivity index (χ1) is 10.7. The minimum atomic E-state index is 0. The number of hydrogen-bond donors (Lipinski definition) is 2. The second-order valence-electron chi connectivity index (χ2n) is 5.53. The summed E-state index contributed by atoms with van der Waals surface area (Å²) >= 11 is 1.70. The van der Waals surface area contributed by atoms with E-state index in [9.17, 15) is 4.79 Å². The number of guanidine groups is 1. The number of halogens is 1. The minimum absolute atomic E-state index is 0. The van der Waals surface area contributed by atoms with E-state index in [2.05, 4.69) is 39.4 Å². The summed E-state index contributed by atoms with van der Waals surface area (Å²) in [4.78, 5) is 18.1. The van der Waals surface area contributed by atoms with E-state index in [1.807, 2.05) is 4.90 Å². The molecule has 2 rings (SSSR count). The maximum Gasteiger partial charge on any atom is 0.222 e. The van der Waals surface area contributed by atoms with Gasteiger partial charge in [0.15, 0.2) is 5.96 Å². The Bertz CT molecular complexity index is 492. The lowest BCUT2D eigenvalue weighted by molar-refractivity contribution is -0.129. The van der Waals surface area contributed by atoms with Crippen LogP contribution >= 0.6 is 35.3 Å². The first kappa shape index (κ1) is 20.2. The number of nitrogens with zero attached hydrogens (tertiary/aromatic N) is 2. The van der Waals surface area contributed by atoms with E-state index in [1.54, 1.807) is 18.4 Å². The Morgan fingerprint density at radius 2 is 2.30 bits per heavy atom. The Morgan fingerprint density at radius 1 is 1.48 bits per heavy atom. The molecule has 0 saturated carbocycles. The summed E-state index contributed by atoms with van der Waals surface area (Å²) in [5.74, 6) is 1.13. The lowest BCUT2D eigenvalue weighted by Gasteiger charge is -2.27.